The highest BCUT2D eigenvalue weighted by Gasteiger charge is 2.26. The molecule has 2 amide bonds. The van der Waals surface area contributed by atoms with E-state index >= 15 is 0 Å². The minimum atomic E-state index is 0.104. The predicted molar refractivity (Wildman–Crippen MR) is 96.7 cm³/mol. The molecule has 4 nitrogen and oxygen atoms in total. The molecule has 0 radical (unpaired) electrons. The lowest BCUT2D eigenvalue weighted by molar-refractivity contribution is -0.134. The molecule has 1 aromatic carbocycles. The Morgan fingerprint density at radius 2 is 2.00 bits per heavy atom. The highest BCUT2D eigenvalue weighted by atomic mass is 16.2. The zero-order valence-corrected chi connectivity index (χ0v) is 15.0. The second-order valence-corrected chi connectivity index (χ2v) is 6.72. The van der Waals surface area contributed by atoms with Crippen LogP contribution in [0.25, 0.3) is 0 Å². The first-order valence-electron chi connectivity index (χ1n) is 9.26. The largest absolute Gasteiger partial charge is 0.352 e. The molecule has 0 spiro atoms. The van der Waals surface area contributed by atoms with Crippen LogP contribution in [0.15, 0.2) is 30.3 Å². The molecule has 1 saturated heterocycles. The molecule has 1 aliphatic rings. The lowest BCUT2D eigenvalue weighted by Crippen LogP contribution is -2.49. The van der Waals surface area contributed by atoms with Crippen LogP contribution in [0.1, 0.15) is 63.9 Å². The van der Waals surface area contributed by atoms with E-state index in [0.717, 1.165) is 32.2 Å². The fourth-order valence-corrected chi connectivity index (χ4v) is 3.41. The fourth-order valence-electron chi connectivity index (χ4n) is 3.41. The van der Waals surface area contributed by atoms with Gasteiger partial charge in [0.25, 0.3) is 0 Å². The summed E-state index contributed by atoms with van der Waals surface area (Å²) >= 11 is 0. The number of carbonyl (C=O) groups excluding carboxylic acids is 2. The molecule has 132 valence electrons. The van der Waals surface area contributed by atoms with Crippen LogP contribution >= 0.6 is 0 Å². The number of amides is 2. The molecule has 2 rings (SSSR count). The summed E-state index contributed by atoms with van der Waals surface area (Å²) in [6, 6.07) is 10.4. The number of benzene rings is 1. The van der Waals surface area contributed by atoms with Gasteiger partial charge in [-0.1, -0.05) is 44.2 Å². The molecule has 1 heterocycles. The van der Waals surface area contributed by atoms with E-state index in [9.17, 15) is 9.59 Å². The van der Waals surface area contributed by atoms with E-state index in [-0.39, 0.29) is 23.8 Å². The van der Waals surface area contributed by atoms with Crippen molar-refractivity contribution in [2.75, 3.05) is 13.1 Å². The van der Waals surface area contributed by atoms with Gasteiger partial charge in [0.15, 0.2) is 0 Å². The molecule has 2 unspecified atom stereocenters. The second kappa shape index (κ2) is 9.45. The smallest absolute Gasteiger partial charge is 0.223 e. The van der Waals surface area contributed by atoms with Gasteiger partial charge in [0.2, 0.25) is 11.8 Å². The van der Waals surface area contributed by atoms with Gasteiger partial charge in [-0.2, -0.15) is 0 Å². The Morgan fingerprint density at radius 1 is 1.25 bits per heavy atom. The normalized spacial score (nSPS) is 18.9. The van der Waals surface area contributed by atoms with Crippen LogP contribution in [0.4, 0.5) is 0 Å². The zero-order chi connectivity index (χ0) is 17.4. The van der Waals surface area contributed by atoms with E-state index in [1.807, 2.05) is 30.0 Å². The summed E-state index contributed by atoms with van der Waals surface area (Å²) in [5.41, 5.74) is 1.23. The van der Waals surface area contributed by atoms with Crippen LogP contribution in [0.2, 0.25) is 0 Å². The summed E-state index contributed by atoms with van der Waals surface area (Å²) in [5.74, 6) is 0.585. The van der Waals surface area contributed by atoms with E-state index < -0.39 is 0 Å². The maximum atomic E-state index is 12.7. The standard InChI is InChI=1S/C20H30N2O2/c1-3-9-19(23)21-18-12-8-13-22(15-18)20(24)14-16(4-2)17-10-6-5-7-11-17/h5-7,10-11,16,18H,3-4,8-9,12-15H2,1-2H3,(H,21,23). The van der Waals surface area contributed by atoms with Crippen molar-refractivity contribution in [1.82, 2.24) is 10.2 Å². The third-order valence-electron chi connectivity index (χ3n) is 4.80. The minimum Gasteiger partial charge on any atom is -0.352 e. The first-order valence-corrected chi connectivity index (χ1v) is 9.26. The molecule has 1 aliphatic heterocycles. The van der Waals surface area contributed by atoms with E-state index in [1.165, 1.54) is 5.56 Å². The Morgan fingerprint density at radius 3 is 2.67 bits per heavy atom. The maximum Gasteiger partial charge on any atom is 0.223 e. The van der Waals surface area contributed by atoms with Crippen molar-refractivity contribution in [3.05, 3.63) is 35.9 Å². The Hall–Kier alpha value is -1.84. The molecule has 0 saturated carbocycles. The van der Waals surface area contributed by atoms with E-state index in [0.29, 0.717) is 19.4 Å². The summed E-state index contributed by atoms with van der Waals surface area (Å²) in [5, 5.41) is 3.07. The monoisotopic (exact) mass is 330 g/mol. The quantitative estimate of drug-likeness (QED) is 0.832. The van der Waals surface area contributed by atoms with Gasteiger partial charge in [-0.25, -0.2) is 0 Å². The van der Waals surface area contributed by atoms with Crippen molar-refractivity contribution in [2.24, 2.45) is 0 Å². The number of carbonyl (C=O) groups is 2. The van der Waals surface area contributed by atoms with Gasteiger partial charge >= 0.3 is 0 Å². The summed E-state index contributed by atoms with van der Waals surface area (Å²) in [7, 11) is 0. The topological polar surface area (TPSA) is 49.4 Å². The molecule has 0 aliphatic carbocycles. The Balaban J connectivity index is 1.90. The first-order chi connectivity index (χ1) is 11.6. The molecule has 1 N–H and O–H groups in total. The van der Waals surface area contributed by atoms with Crippen LogP contribution < -0.4 is 5.32 Å². The predicted octanol–water partition coefficient (Wildman–Crippen LogP) is 3.48. The molecule has 2 atom stereocenters. The van der Waals surface area contributed by atoms with E-state index in [2.05, 4.69) is 24.4 Å². The van der Waals surface area contributed by atoms with Crippen LogP contribution in [0.5, 0.6) is 0 Å². The number of rotatable bonds is 7. The average molecular weight is 330 g/mol. The van der Waals surface area contributed by atoms with Gasteiger partial charge in [0.1, 0.15) is 0 Å². The van der Waals surface area contributed by atoms with Gasteiger partial charge in [-0.3, -0.25) is 9.59 Å². The SMILES string of the molecule is CCCC(=O)NC1CCCN(C(=O)CC(CC)c2ccccc2)C1. The van der Waals surface area contributed by atoms with Crippen molar-refractivity contribution >= 4 is 11.8 Å². The average Bonchev–Trinajstić information content (AvgIpc) is 2.60. The Kier molecular flexibility index (Phi) is 7.29. The molecule has 4 heteroatoms. The lowest BCUT2D eigenvalue weighted by Gasteiger charge is -2.34. The summed E-state index contributed by atoms with van der Waals surface area (Å²) < 4.78 is 0. The number of piperidine rings is 1. The summed E-state index contributed by atoms with van der Waals surface area (Å²) in [6.07, 6.45) is 4.86. The highest BCUT2D eigenvalue weighted by Crippen LogP contribution is 2.24. The molecule has 0 aromatic heterocycles. The number of nitrogens with one attached hydrogen (secondary N) is 1. The summed E-state index contributed by atoms with van der Waals surface area (Å²) in [4.78, 5) is 26.4. The van der Waals surface area contributed by atoms with Crippen LogP contribution in [-0.2, 0) is 9.59 Å². The minimum absolute atomic E-state index is 0.104. The second-order valence-electron chi connectivity index (χ2n) is 6.72. The third kappa shape index (κ3) is 5.36. The Bertz CT molecular complexity index is 530. The first kappa shape index (κ1) is 18.5. The van der Waals surface area contributed by atoms with E-state index in [4.69, 9.17) is 0 Å². The number of hydrogen-bond donors (Lipinski definition) is 1. The lowest BCUT2D eigenvalue weighted by atomic mass is 9.92. The van der Waals surface area contributed by atoms with Crippen molar-refractivity contribution in [3.63, 3.8) is 0 Å². The fraction of sp³-hybridized carbons (Fsp3) is 0.600. The molecule has 24 heavy (non-hydrogen) atoms. The van der Waals surface area contributed by atoms with Gasteiger partial charge in [-0.15, -0.1) is 0 Å². The zero-order valence-electron chi connectivity index (χ0n) is 15.0. The van der Waals surface area contributed by atoms with Gasteiger partial charge in [0, 0.05) is 32.0 Å². The van der Waals surface area contributed by atoms with Crippen molar-refractivity contribution in [1.29, 1.82) is 0 Å². The van der Waals surface area contributed by atoms with Crippen LogP contribution in [0, 0.1) is 0 Å². The maximum absolute atomic E-state index is 12.7. The third-order valence-corrected chi connectivity index (χ3v) is 4.80. The summed E-state index contributed by atoms with van der Waals surface area (Å²) in [6.45, 7) is 5.60. The van der Waals surface area contributed by atoms with Gasteiger partial charge < -0.3 is 10.2 Å². The molecule has 1 aromatic rings. The van der Waals surface area contributed by atoms with Gasteiger partial charge in [0.05, 0.1) is 0 Å². The number of hydrogen-bond acceptors (Lipinski definition) is 2. The molecule has 1 fully saturated rings. The van der Waals surface area contributed by atoms with Crippen molar-refractivity contribution in [3.8, 4) is 0 Å². The number of nitrogens with zero attached hydrogens (tertiary/aromatic N) is 1. The van der Waals surface area contributed by atoms with Crippen molar-refractivity contribution < 1.29 is 9.59 Å². The van der Waals surface area contributed by atoms with Crippen molar-refractivity contribution in [2.45, 2.75) is 64.3 Å². The Labute approximate surface area is 145 Å². The van der Waals surface area contributed by atoms with Gasteiger partial charge in [-0.05, 0) is 37.2 Å². The van der Waals surface area contributed by atoms with Crippen LogP contribution in [-0.4, -0.2) is 35.8 Å². The van der Waals surface area contributed by atoms with Crippen LogP contribution in [0.3, 0.4) is 0 Å². The number of likely N-dealkylation sites (tertiary alicyclic amines) is 1. The molecule has 0 bridgehead atoms. The molecular formula is C20H30N2O2. The molecular weight excluding hydrogens is 300 g/mol. The highest BCUT2D eigenvalue weighted by molar-refractivity contribution is 5.78. The van der Waals surface area contributed by atoms with E-state index in [1.54, 1.807) is 0 Å².